The quantitative estimate of drug-likeness (QED) is 0.771. The fourth-order valence-electron chi connectivity index (χ4n) is 2.41. The normalized spacial score (nSPS) is 10.5. The lowest BCUT2D eigenvalue weighted by molar-refractivity contribution is -0.137. The SMILES string of the molecule is O=C(O)Cn1cc(NC(=O)c2ccc3ccccc3c2)ccc1=O. The summed E-state index contributed by atoms with van der Waals surface area (Å²) in [5, 5.41) is 13.4. The Bertz CT molecular complexity index is 991. The molecule has 3 rings (SSSR count). The van der Waals surface area contributed by atoms with Crippen molar-refractivity contribution in [3.8, 4) is 0 Å². The van der Waals surface area contributed by atoms with Gasteiger partial charge in [-0.3, -0.25) is 14.4 Å². The highest BCUT2D eigenvalue weighted by Gasteiger charge is 2.09. The van der Waals surface area contributed by atoms with Gasteiger partial charge in [0.1, 0.15) is 6.54 Å². The van der Waals surface area contributed by atoms with Gasteiger partial charge in [0, 0.05) is 17.8 Å². The van der Waals surface area contributed by atoms with E-state index in [1.165, 1.54) is 18.3 Å². The molecule has 0 aliphatic rings. The number of nitrogens with one attached hydrogen (secondary N) is 1. The molecular formula is C18H14N2O4. The lowest BCUT2D eigenvalue weighted by atomic mass is 10.1. The van der Waals surface area contributed by atoms with E-state index in [0.717, 1.165) is 15.3 Å². The van der Waals surface area contributed by atoms with Crippen LogP contribution in [0.15, 0.2) is 65.6 Å². The molecule has 0 saturated heterocycles. The van der Waals surface area contributed by atoms with E-state index in [-0.39, 0.29) is 5.91 Å². The largest absolute Gasteiger partial charge is 0.480 e. The van der Waals surface area contributed by atoms with E-state index in [1.54, 1.807) is 12.1 Å². The molecule has 2 aromatic carbocycles. The summed E-state index contributed by atoms with van der Waals surface area (Å²) in [4.78, 5) is 34.7. The highest BCUT2D eigenvalue weighted by atomic mass is 16.4. The number of amides is 1. The molecule has 6 nitrogen and oxygen atoms in total. The van der Waals surface area contributed by atoms with Crippen LogP contribution in [0.2, 0.25) is 0 Å². The molecule has 0 bridgehead atoms. The van der Waals surface area contributed by atoms with Crippen LogP contribution in [0, 0.1) is 0 Å². The van der Waals surface area contributed by atoms with E-state index in [2.05, 4.69) is 5.32 Å². The Kier molecular flexibility index (Phi) is 4.11. The van der Waals surface area contributed by atoms with Crippen LogP contribution in [0.25, 0.3) is 10.8 Å². The van der Waals surface area contributed by atoms with Crippen LogP contribution in [-0.2, 0) is 11.3 Å². The first-order chi connectivity index (χ1) is 11.5. The number of rotatable bonds is 4. The maximum absolute atomic E-state index is 12.4. The molecule has 0 aliphatic carbocycles. The number of carbonyl (C=O) groups excluding carboxylic acids is 1. The number of hydrogen-bond acceptors (Lipinski definition) is 3. The average Bonchev–Trinajstić information content (AvgIpc) is 2.57. The average molecular weight is 322 g/mol. The summed E-state index contributed by atoms with van der Waals surface area (Å²) in [6.07, 6.45) is 1.31. The zero-order chi connectivity index (χ0) is 17.1. The van der Waals surface area contributed by atoms with Crippen LogP contribution >= 0.6 is 0 Å². The number of pyridine rings is 1. The van der Waals surface area contributed by atoms with Crippen LogP contribution < -0.4 is 10.9 Å². The molecule has 0 fully saturated rings. The minimum absolute atomic E-state index is 0.332. The lowest BCUT2D eigenvalue weighted by Crippen LogP contribution is -2.24. The van der Waals surface area contributed by atoms with E-state index >= 15 is 0 Å². The topological polar surface area (TPSA) is 88.4 Å². The van der Waals surface area contributed by atoms with Gasteiger partial charge in [0.2, 0.25) is 0 Å². The molecule has 24 heavy (non-hydrogen) atoms. The third-order valence-electron chi connectivity index (χ3n) is 3.56. The Morgan fingerprint density at radius 3 is 2.50 bits per heavy atom. The van der Waals surface area contributed by atoms with Crippen molar-refractivity contribution in [1.82, 2.24) is 4.57 Å². The number of carboxylic acids is 1. The molecule has 0 atom stereocenters. The molecule has 1 heterocycles. The van der Waals surface area contributed by atoms with Crippen molar-refractivity contribution in [2.24, 2.45) is 0 Å². The summed E-state index contributed by atoms with van der Waals surface area (Å²) in [5.74, 6) is -1.46. The molecule has 6 heteroatoms. The Morgan fingerprint density at radius 1 is 1.00 bits per heavy atom. The van der Waals surface area contributed by atoms with Crippen LogP contribution in [0.4, 0.5) is 5.69 Å². The van der Waals surface area contributed by atoms with Crippen LogP contribution in [-0.4, -0.2) is 21.6 Å². The second kappa shape index (κ2) is 6.37. The summed E-state index contributed by atoms with van der Waals surface area (Å²) >= 11 is 0. The number of carboxylic acid groups (broad SMARTS) is 1. The summed E-state index contributed by atoms with van der Waals surface area (Å²) < 4.78 is 1.03. The number of anilines is 1. The van der Waals surface area contributed by atoms with Crippen molar-refractivity contribution in [1.29, 1.82) is 0 Å². The van der Waals surface area contributed by atoms with Crippen molar-refractivity contribution in [2.75, 3.05) is 5.32 Å². The van der Waals surface area contributed by atoms with E-state index < -0.39 is 18.1 Å². The summed E-state index contributed by atoms with van der Waals surface area (Å²) in [6.45, 7) is -0.460. The van der Waals surface area contributed by atoms with E-state index in [9.17, 15) is 14.4 Å². The van der Waals surface area contributed by atoms with E-state index in [1.807, 2.05) is 30.3 Å². The van der Waals surface area contributed by atoms with Gasteiger partial charge in [0.25, 0.3) is 11.5 Å². The Balaban J connectivity index is 1.85. The smallest absolute Gasteiger partial charge is 0.323 e. The lowest BCUT2D eigenvalue weighted by Gasteiger charge is -2.08. The number of aliphatic carboxylic acids is 1. The fourth-order valence-corrected chi connectivity index (χ4v) is 2.41. The van der Waals surface area contributed by atoms with Crippen molar-refractivity contribution < 1.29 is 14.7 Å². The molecule has 3 aromatic rings. The number of benzene rings is 2. The van der Waals surface area contributed by atoms with Crippen molar-refractivity contribution >= 4 is 28.3 Å². The van der Waals surface area contributed by atoms with Gasteiger partial charge < -0.3 is 15.0 Å². The summed E-state index contributed by atoms with van der Waals surface area (Å²) in [5.41, 5.74) is 0.389. The number of nitrogens with zero attached hydrogens (tertiary/aromatic N) is 1. The number of aromatic nitrogens is 1. The van der Waals surface area contributed by atoms with Crippen LogP contribution in [0.5, 0.6) is 0 Å². The maximum Gasteiger partial charge on any atom is 0.323 e. The predicted octanol–water partition coefficient (Wildman–Crippen LogP) is 2.34. The number of carbonyl (C=O) groups is 2. The van der Waals surface area contributed by atoms with E-state index in [4.69, 9.17) is 5.11 Å². The van der Waals surface area contributed by atoms with Gasteiger partial charge in [-0.1, -0.05) is 30.3 Å². The third-order valence-corrected chi connectivity index (χ3v) is 3.56. The molecule has 1 amide bonds. The van der Waals surface area contributed by atoms with Gasteiger partial charge >= 0.3 is 5.97 Å². The zero-order valence-corrected chi connectivity index (χ0v) is 12.6. The Labute approximate surface area is 137 Å². The van der Waals surface area contributed by atoms with Gasteiger partial charge in [-0.15, -0.1) is 0 Å². The molecule has 1 aromatic heterocycles. The molecule has 120 valence electrons. The standard InChI is InChI=1S/C18H14N2O4/c21-16-8-7-15(10-20(16)11-17(22)23)19-18(24)14-6-5-12-3-1-2-4-13(12)9-14/h1-10H,11H2,(H,19,24)(H,22,23). The third kappa shape index (κ3) is 3.33. The Hall–Kier alpha value is -3.41. The summed E-state index contributed by atoms with van der Waals surface area (Å²) in [7, 11) is 0. The first-order valence-corrected chi connectivity index (χ1v) is 7.25. The zero-order valence-electron chi connectivity index (χ0n) is 12.6. The maximum atomic E-state index is 12.4. The van der Waals surface area contributed by atoms with Crippen molar-refractivity contribution in [3.05, 3.63) is 76.7 Å². The van der Waals surface area contributed by atoms with E-state index in [0.29, 0.717) is 11.3 Å². The van der Waals surface area contributed by atoms with Crippen molar-refractivity contribution in [2.45, 2.75) is 6.54 Å². The van der Waals surface area contributed by atoms with Crippen LogP contribution in [0.3, 0.4) is 0 Å². The predicted molar refractivity (Wildman–Crippen MR) is 90.2 cm³/mol. The second-order valence-corrected chi connectivity index (χ2v) is 5.29. The second-order valence-electron chi connectivity index (χ2n) is 5.29. The minimum Gasteiger partial charge on any atom is -0.480 e. The monoisotopic (exact) mass is 322 g/mol. The van der Waals surface area contributed by atoms with Gasteiger partial charge in [-0.25, -0.2) is 0 Å². The van der Waals surface area contributed by atoms with Gasteiger partial charge in [-0.2, -0.15) is 0 Å². The summed E-state index contributed by atoms with van der Waals surface area (Å²) in [6, 6.07) is 15.7. The van der Waals surface area contributed by atoms with Gasteiger partial charge in [0.05, 0.1) is 5.69 Å². The molecular weight excluding hydrogens is 308 g/mol. The molecule has 0 radical (unpaired) electrons. The first kappa shape index (κ1) is 15.5. The Morgan fingerprint density at radius 2 is 1.75 bits per heavy atom. The van der Waals surface area contributed by atoms with Crippen molar-refractivity contribution in [3.63, 3.8) is 0 Å². The minimum atomic E-state index is -1.13. The molecule has 0 unspecified atom stereocenters. The fraction of sp³-hybridized carbons (Fsp3) is 0.0556. The highest BCUT2D eigenvalue weighted by molar-refractivity contribution is 6.06. The number of hydrogen-bond donors (Lipinski definition) is 2. The molecule has 2 N–H and O–H groups in total. The molecule has 0 aliphatic heterocycles. The first-order valence-electron chi connectivity index (χ1n) is 7.25. The molecule has 0 spiro atoms. The van der Waals surface area contributed by atoms with Crippen LogP contribution in [0.1, 0.15) is 10.4 Å². The molecule has 0 saturated carbocycles. The van der Waals surface area contributed by atoms with Gasteiger partial charge in [-0.05, 0) is 29.0 Å². The highest BCUT2D eigenvalue weighted by Crippen LogP contribution is 2.16. The van der Waals surface area contributed by atoms with Gasteiger partial charge in [0.15, 0.2) is 0 Å². The number of fused-ring (bicyclic) bond motifs is 1.